The standard InChI is InChI=1S/C34H38N2O2/c1-22(2)17-18-36-29-16-10-8-14-27(29)34(3,20-23-11-5-6-12-23)30(36)19-25-32(37)31(33(25)38)26-21-35(4)28-15-9-7-13-24(26)28/h7-10,13-16,19,21-23H,5-6,11-12,17-18,20H2,1-4H3/p+1. The van der Waals surface area contributed by atoms with E-state index in [2.05, 4.69) is 49.6 Å². The molecule has 1 atom stereocenters. The lowest BCUT2D eigenvalue weighted by Crippen LogP contribution is -2.35. The molecule has 0 radical (unpaired) electrons. The van der Waals surface area contributed by atoms with Crippen LogP contribution >= 0.6 is 0 Å². The number of Topliss-reactive ketones (excluding diaryl/α,β-unsaturated/α-hetero) is 1. The first-order valence-electron chi connectivity index (χ1n) is 14.3. The van der Waals surface area contributed by atoms with Crippen LogP contribution in [0.2, 0.25) is 0 Å². The summed E-state index contributed by atoms with van der Waals surface area (Å²) < 4.78 is 4.46. The molecule has 1 fully saturated rings. The van der Waals surface area contributed by atoms with Crippen molar-refractivity contribution in [1.82, 2.24) is 4.57 Å². The third-order valence-electron chi connectivity index (χ3n) is 9.16. The van der Waals surface area contributed by atoms with Crippen LogP contribution in [0.15, 0.2) is 72.1 Å². The van der Waals surface area contributed by atoms with Gasteiger partial charge in [0.1, 0.15) is 12.3 Å². The first-order valence-corrected chi connectivity index (χ1v) is 14.3. The van der Waals surface area contributed by atoms with Gasteiger partial charge in [-0.15, -0.1) is 0 Å². The van der Waals surface area contributed by atoms with Gasteiger partial charge < -0.3 is 9.67 Å². The Labute approximate surface area is 226 Å². The molecule has 2 aliphatic carbocycles. The fourth-order valence-electron chi connectivity index (χ4n) is 7.10. The van der Waals surface area contributed by atoms with Crippen LogP contribution in [0.4, 0.5) is 5.69 Å². The molecular weight excluding hydrogens is 468 g/mol. The van der Waals surface area contributed by atoms with E-state index in [-0.39, 0.29) is 17.0 Å². The lowest BCUT2D eigenvalue weighted by Gasteiger charge is -2.27. The minimum absolute atomic E-state index is 0.0608. The molecule has 0 saturated heterocycles. The van der Waals surface area contributed by atoms with Crippen LogP contribution in [-0.4, -0.2) is 32.3 Å². The van der Waals surface area contributed by atoms with E-state index in [0.29, 0.717) is 23.0 Å². The van der Waals surface area contributed by atoms with E-state index in [1.807, 2.05) is 48.2 Å². The molecule has 4 heteroatoms. The van der Waals surface area contributed by atoms with Crippen molar-refractivity contribution < 1.29 is 14.5 Å². The molecule has 1 N–H and O–H groups in total. The number of nitrogens with zero attached hydrogens (tertiary/aromatic N) is 2. The Balaban J connectivity index is 1.48. The second-order valence-electron chi connectivity index (χ2n) is 12.2. The molecule has 1 unspecified atom stereocenters. The smallest absolute Gasteiger partial charge is 0.209 e. The average Bonchev–Trinajstić information content (AvgIpc) is 3.59. The number of carbonyl (C=O) groups excluding carboxylic acids is 1. The highest BCUT2D eigenvalue weighted by molar-refractivity contribution is 6.41. The molecule has 3 aromatic rings. The Morgan fingerprint density at radius 2 is 1.82 bits per heavy atom. The van der Waals surface area contributed by atoms with Gasteiger partial charge >= 0.3 is 0 Å². The summed E-state index contributed by atoms with van der Waals surface area (Å²) in [6, 6.07) is 16.8. The number of aliphatic hydroxyl groups is 1. The van der Waals surface area contributed by atoms with Crippen molar-refractivity contribution in [2.24, 2.45) is 18.9 Å². The summed E-state index contributed by atoms with van der Waals surface area (Å²) in [6.07, 6.45) is 11.3. The lowest BCUT2D eigenvalue weighted by atomic mass is 9.71. The van der Waals surface area contributed by atoms with E-state index in [9.17, 15) is 9.90 Å². The molecule has 1 aromatic heterocycles. The first kappa shape index (κ1) is 24.9. The van der Waals surface area contributed by atoms with Gasteiger partial charge in [-0.05, 0) is 31.2 Å². The van der Waals surface area contributed by atoms with Crippen LogP contribution in [0.3, 0.4) is 0 Å². The lowest BCUT2D eigenvalue weighted by molar-refractivity contribution is -0.439. The molecule has 4 nitrogen and oxygen atoms in total. The molecule has 196 valence electrons. The molecular formula is C34H39N2O2+. The summed E-state index contributed by atoms with van der Waals surface area (Å²) >= 11 is 0. The van der Waals surface area contributed by atoms with Crippen LogP contribution in [0, 0.1) is 11.8 Å². The molecule has 1 saturated carbocycles. The number of hydrogen-bond donors (Lipinski definition) is 1. The minimum Gasteiger partial charge on any atom is -0.506 e. The molecule has 0 bridgehead atoms. The van der Waals surface area contributed by atoms with Crippen molar-refractivity contribution in [2.75, 3.05) is 6.54 Å². The maximum atomic E-state index is 13.7. The maximum Gasteiger partial charge on any atom is 0.209 e. The number of hydrogen-bond acceptors (Lipinski definition) is 2. The zero-order valence-corrected chi connectivity index (χ0v) is 23.1. The topological polar surface area (TPSA) is 45.2 Å². The molecule has 6 rings (SSSR count). The number of fused-ring (bicyclic) bond motifs is 2. The summed E-state index contributed by atoms with van der Waals surface area (Å²) in [5.74, 6) is 1.34. The molecule has 38 heavy (non-hydrogen) atoms. The van der Waals surface area contributed by atoms with Crippen LogP contribution in [0.25, 0.3) is 16.5 Å². The molecule has 0 spiro atoms. The molecule has 2 heterocycles. The van der Waals surface area contributed by atoms with Crippen LogP contribution in [0.5, 0.6) is 0 Å². The monoisotopic (exact) mass is 507 g/mol. The van der Waals surface area contributed by atoms with E-state index in [4.69, 9.17) is 0 Å². The highest BCUT2D eigenvalue weighted by Gasteiger charge is 2.50. The highest BCUT2D eigenvalue weighted by atomic mass is 16.3. The zero-order valence-electron chi connectivity index (χ0n) is 23.1. The summed E-state index contributed by atoms with van der Waals surface area (Å²) in [7, 11) is 1.98. The molecule has 1 aliphatic heterocycles. The maximum absolute atomic E-state index is 13.7. The number of rotatable bonds is 7. The number of benzene rings is 2. The fraction of sp³-hybridized carbons (Fsp3) is 0.412. The second kappa shape index (κ2) is 9.41. The molecule has 3 aliphatic rings. The van der Waals surface area contributed by atoms with Crippen molar-refractivity contribution in [3.05, 3.63) is 83.3 Å². The Morgan fingerprint density at radius 1 is 1.11 bits per heavy atom. The van der Waals surface area contributed by atoms with Crippen molar-refractivity contribution >= 4 is 33.7 Å². The Kier molecular flexibility index (Phi) is 6.17. The Hall–Kier alpha value is -3.40. The van der Waals surface area contributed by atoms with E-state index >= 15 is 0 Å². The second-order valence-corrected chi connectivity index (χ2v) is 12.2. The van der Waals surface area contributed by atoms with Gasteiger partial charge in [-0.25, -0.2) is 0 Å². The third kappa shape index (κ3) is 3.88. The number of aliphatic hydroxyl groups excluding tert-OH is 1. The quantitative estimate of drug-likeness (QED) is 0.264. The average molecular weight is 508 g/mol. The van der Waals surface area contributed by atoms with Gasteiger partial charge in [0.25, 0.3) is 0 Å². The van der Waals surface area contributed by atoms with Crippen LogP contribution in [0.1, 0.15) is 70.4 Å². The van der Waals surface area contributed by atoms with Gasteiger partial charge in [-0.2, -0.15) is 4.58 Å². The van der Waals surface area contributed by atoms with Crippen LogP contribution < -0.4 is 0 Å². The van der Waals surface area contributed by atoms with Crippen molar-refractivity contribution in [2.45, 2.75) is 64.7 Å². The third-order valence-corrected chi connectivity index (χ3v) is 9.16. The summed E-state index contributed by atoms with van der Waals surface area (Å²) in [4.78, 5) is 13.7. The first-order chi connectivity index (χ1) is 18.3. The Morgan fingerprint density at radius 3 is 2.55 bits per heavy atom. The summed E-state index contributed by atoms with van der Waals surface area (Å²) in [5.41, 5.74) is 6.34. The summed E-state index contributed by atoms with van der Waals surface area (Å²) in [5, 5.41) is 12.3. The zero-order chi connectivity index (χ0) is 26.6. The predicted molar refractivity (Wildman–Crippen MR) is 155 cm³/mol. The number of aromatic nitrogens is 1. The number of aryl methyl sites for hydroxylation is 1. The fourth-order valence-corrected chi connectivity index (χ4v) is 7.10. The summed E-state index contributed by atoms with van der Waals surface area (Å²) in [6.45, 7) is 7.79. The number of ketones is 1. The van der Waals surface area contributed by atoms with Crippen molar-refractivity contribution in [3.8, 4) is 0 Å². The van der Waals surface area contributed by atoms with Crippen LogP contribution in [-0.2, 0) is 17.3 Å². The van der Waals surface area contributed by atoms with Gasteiger partial charge in [0.15, 0.2) is 5.71 Å². The van der Waals surface area contributed by atoms with E-state index in [0.717, 1.165) is 41.6 Å². The highest BCUT2D eigenvalue weighted by Crippen LogP contribution is 2.48. The van der Waals surface area contributed by atoms with E-state index in [1.165, 1.54) is 36.9 Å². The SMILES string of the molecule is CC(C)CC[N+]1=C(C=C2C(=O)C(c3cn(C)c4ccccc34)=C2O)C(C)(CC2CCCC2)c2ccccc21. The van der Waals surface area contributed by atoms with Gasteiger partial charge in [-0.1, -0.05) is 75.9 Å². The van der Waals surface area contributed by atoms with E-state index < -0.39 is 0 Å². The van der Waals surface area contributed by atoms with Crippen molar-refractivity contribution in [3.63, 3.8) is 0 Å². The van der Waals surface area contributed by atoms with Gasteiger partial charge in [0.2, 0.25) is 11.5 Å². The predicted octanol–water partition coefficient (Wildman–Crippen LogP) is 7.64. The van der Waals surface area contributed by atoms with Gasteiger partial charge in [-0.3, -0.25) is 4.79 Å². The molecule has 2 aromatic carbocycles. The number of carbonyl (C=O) groups is 1. The van der Waals surface area contributed by atoms with E-state index in [1.54, 1.807) is 0 Å². The van der Waals surface area contributed by atoms with Gasteiger partial charge in [0.05, 0.1) is 16.6 Å². The minimum atomic E-state index is -0.189. The van der Waals surface area contributed by atoms with Crippen molar-refractivity contribution in [1.29, 1.82) is 0 Å². The van der Waals surface area contributed by atoms with Gasteiger partial charge in [0, 0.05) is 53.8 Å². The largest absolute Gasteiger partial charge is 0.506 e. The molecule has 0 amide bonds. The number of para-hydroxylation sites is 2. The number of allylic oxidation sites excluding steroid dienone is 3. The normalized spacial score (nSPS) is 22.9. The Bertz CT molecular complexity index is 1530.